The van der Waals surface area contributed by atoms with Crippen LogP contribution in [0.25, 0.3) is 0 Å². The predicted molar refractivity (Wildman–Crippen MR) is 42.7 cm³/mol. The second-order valence-corrected chi connectivity index (χ2v) is 3.86. The summed E-state index contributed by atoms with van der Waals surface area (Å²) in [5.74, 6) is 0. The van der Waals surface area contributed by atoms with Crippen LogP contribution in [0.2, 0.25) is 0 Å². The third-order valence-corrected chi connectivity index (χ3v) is 1.57. The van der Waals surface area contributed by atoms with Gasteiger partial charge >= 0.3 is 0 Å². The first-order valence-corrected chi connectivity index (χ1v) is 4.85. The molecule has 0 saturated carbocycles. The minimum atomic E-state index is -3.17. The molecule has 1 rings (SSSR count). The van der Waals surface area contributed by atoms with Crippen LogP contribution in [0.5, 0.6) is 0 Å². The van der Waals surface area contributed by atoms with Gasteiger partial charge in [0.25, 0.3) is 0 Å². The zero-order valence-electron chi connectivity index (χ0n) is 5.98. The number of anilines is 1. The van der Waals surface area contributed by atoms with E-state index in [1.54, 1.807) is 18.3 Å². The van der Waals surface area contributed by atoms with E-state index in [9.17, 15) is 8.42 Å². The van der Waals surface area contributed by atoms with E-state index in [1.165, 1.54) is 6.20 Å². The molecule has 0 unspecified atom stereocenters. The SMILES string of the molecule is CS(=O)(=O)Nc1cccnc1. The van der Waals surface area contributed by atoms with Crippen LogP contribution in [-0.4, -0.2) is 19.7 Å². The molecule has 1 N–H and O–H groups in total. The molecule has 0 bridgehead atoms. The first-order valence-electron chi connectivity index (χ1n) is 2.96. The molecule has 0 saturated heterocycles. The zero-order chi connectivity index (χ0) is 8.32. The van der Waals surface area contributed by atoms with Gasteiger partial charge < -0.3 is 0 Å². The summed E-state index contributed by atoms with van der Waals surface area (Å²) >= 11 is 0. The highest BCUT2D eigenvalue weighted by molar-refractivity contribution is 7.92. The summed E-state index contributed by atoms with van der Waals surface area (Å²) in [6, 6.07) is 3.29. The quantitative estimate of drug-likeness (QED) is 0.704. The fourth-order valence-electron chi connectivity index (χ4n) is 0.637. The number of pyridine rings is 1. The van der Waals surface area contributed by atoms with Crippen LogP contribution in [0.4, 0.5) is 5.69 Å². The molecule has 0 aromatic carbocycles. The van der Waals surface area contributed by atoms with Gasteiger partial charge in [-0.05, 0) is 12.1 Å². The molecule has 60 valence electrons. The highest BCUT2D eigenvalue weighted by Gasteiger charge is 1.99. The Bertz CT molecular complexity index is 320. The Morgan fingerprint density at radius 1 is 1.55 bits per heavy atom. The molecule has 1 aromatic heterocycles. The number of sulfonamides is 1. The van der Waals surface area contributed by atoms with Crippen molar-refractivity contribution in [1.29, 1.82) is 0 Å². The van der Waals surface area contributed by atoms with Gasteiger partial charge in [0.15, 0.2) is 0 Å². The lowest BCUT2D eigenvalue weighted by Crippen LogP contribution is -2.09. The van der Waals surface area contributed by atoms with Crippen molar-refractivity contribution in [3.8, 4) is 0 Å². The molecule has 0 radical (unpaired) electrons. The van der Waals surface area contributed by atoms with Crippen LogP contribution >= 0.6 is 0 Å². The molecule has 0 amide bonds. The molecule has 0 aliphatic heterocycles. The summed E-state index contributed by atoms with van der Waals surface area (Å²) in [4.78, 5) is 3.74. The lowest BCUT2D eigenvalue weighted by Gasteiger charge is -2.00. The smallest absolute Gasteiger partial charge is 0.229 e. The Balaban J connectivity index is 2.82. The molecular weight excluding hydrogens is 164 g/mol. The van der Waals surface area contributed by atoms with Crippen molar-refractivity contribution in [3.05, 3.63) is 24.5 Å². The van der Waals surface area contributed by atoms with Gasteiger partial charge in [-0.1, -0.05) is 0 Å². The van der Waals surface area contributed by atoms with E-state index in [4.69, 9.17) is 0 Å². The lowest BCUT2D eigenvalue weighted by atomic mass is 10.4. The summed E-state index contributed by atoms with van der Waals surface area (Å²) in [5, 5.41) is 0. The van der Waals surface area contributed by atoms with E-state index < -0.39 is 10.0 Å². The Labute approximate surface area is 65.3 Å². The monoisotopic (exact) mass is 172 g/mol. The summed E-state index contributed by atoms with van der Waals surface area (Å²) < 4.78 is 23.6. The van der Waals surface area contributed by atoms with E-state index in [2.05, 4.69) is 9.71 Å². The average molecular weight is 172 g/mol. The highest BCUT2D eigenvalue weighted by atomic mass is 32.2. The first-order chi connectivity index (χ1) is 5.08. The van der Waals surface area contributed by atoms with Gasteiger partial charge in [-0.25, -0.2) is 8.42 Å². The number of nitrogens with one attached hydrogen (secondary N) is 1. The van der Waals surface area contributed by atoms with Gasteiger partial charge in [0.1, 0.15) is 0 Å². The maximum atomic E-state index is 10.7. The number of hydrogen-bond donors (Lipinski definition) is 1. The maximum absolute atomic E-state index is 10.7. The largest absolute Gasteiger partial charge is 0.282 e. The van der Waals surface area contributed by atoms with Crippen molar-refractivity contribution < 1.29 is 8.42 Å². The van der Waals surface area contributed by atoms with Gasteiger partial charge in [-0.2, -0.15) is 0 Å². The van der Waals surface area contributed by atoms with Crippen molar-refractivity contribution in [2.45, 2.75) is 0 Å². The second-order valence-electron chi connectivity index (χ2n) is 2.12. The lowest BCUT2D eigenvalue weighted by molar-refractivity contribution is 0.607. The van der Waals surface area contributed by atoms with Crippen LogP contribution in [0.1, 0.15) is 0 Å². The standard InChI is InChI=1S/C6H8N2O2S/c1-11(9,10)8-6-3-2-4-7-5-6/h2-5,8H,1H3. The summed E-state index contributed by atoms with van der Waals surface area (Å²) in [5.41, 5.74) is 0.481. The van der Waals surface area contributed by atoms with Gasteiger partial charge in [-0.15, -0.1) is 0 Å². The molecule has 1 aromatic rings. The fourth-order valence-corrected chi connectivity index (χ4v) is 1.19. The fraction of sp³-hybridized carbons (Fsp3) is 0.167. The van der Waals surface area contributed by atoms with Crippen molar-refractivity contribution in [2.24, 2.45) is 0 Å². The molecule has 4 nitrogen and oxygen atoms in total. The average Bonchev–Trinajstić information content (AvgIpc) is 1.85. The van der Waals surface area contributed by atoms with Crippen molar-refractivity contribution in [1.82, 2.24) is 4.98 Å². The van der Waals surface area contributed by atoms with Gasteiger partial charge in [-0.3, -0.25) is 9.71 Å². The van der Waals surface area contributed by atoms with E-state index in [0.29, 0.717) is 5.69 Å². The maximum Gasteiger partial charge on any atom is 0.229 e. The number of rotatable bonds is 2. The van der Waals surface area contributed by atoms with Gasteiger partial charge in [0.05, 0.1) is 18.1 Å². The van der Waals surface area contributed by atoms with Crippen LogP contribution < -0.4 is 4.72 Å². The minimum absolute atomic E-state index is 0.481. The van der Waals surface area contributed by atoms with Crippen molar-refractivity contribution >= 4 is 15.7 Å². The van der Waals surface area contributed by atoms with E-state index in [-0.39, 0.29) is 0 Å². The normalized spacial score (nSPS) is 11.0. The highest BCUT2D eigenvalue weighted by Crippen LogP contribution is 2.03. The second kappa shape index (κ2) is 2.87. The van der Waals surface area contributed by atoms with Crippen molar-refractivity contribution in [3.63, 3.8) is 0 Å². The molecule has 0 fully saturated rings. The van der Waals surface area contributed by atoms with Crippen LogP contribution in [0, 0.1) is 0 Å². The molecule has 0 atom stereocenters. The molecular formula is C6H8N2O2S. The van der Waals surface area contributed by atoms with E-state index >= 15 is 0 Å². The first kappa shape index (κ1) is 8.00. The molecule has 11 heavy (non-hydrogen) atoms. The van der Waals surface area contributed by atoms with Crippen LogP contribution in [0.15, 0.2) is 24.5 Å². The topological polar surface area (TPSA) is 59.1 Å². The summed E-state index contributed by atoms with van der Waals surface area (Å²) in [6.45, 7) is 0. The molecule has 5 heteroatoms. The van der Waals surface area contributed by atoms with E-state index in [1.807, 2.05) is 0 Å². The third kappa shape index (κ3) is 2.99. The van der Waals surface area contributed by atoms with Crippen LogP contribution in [-0.2, 0) is 10.0 Å². The Kier molecular flexibility index (Phi) is 2.09. The summed E-state index contributed by atoms with van der Waals surface area (Å²) in [7, 11) is -3.17. The van der Waals surface area contributed by atoms with Crippen molar-refractivity contribution in [2.75, 3.05) is 11.0 Å². The van der Waals surface area contributed by atoms with Gasteiger partial charge in [0.2, 0.25) is 10.0 Å². The van der Waals surface area contributed by atoms with E-state index in [0.717, 1.165) is 6.26 Å². The number of aromatic nitrogens is 1. The molecule has 0 aliphatic rings. The predicted octanol–water partition coefficient (Wildman–Crippen LogP) is 0.453. The molecule has 1 heterocycles. The number of nitrogens with zero attached hydrogens (tertiary/aromatic N) is 1. The number of hydrogen-bond acceptors (Lipinski definition) is 3. The van der Waals surface area contributed by atoms with Crippen LogP contribution in [0.3, 0.4) is 0 Å². The Morgan fingerprint density at radius 2 is 2.27 bits per heavy atom. The Morgan fingerprint density at radius 3 is 2.73 bits per heavy atom. The molecule has 0 spiro atoms. The van der Waals surface area contributed by atoms with Gasteiger partial charge in [0, 0.05) is 6.20 Å². The Hall–Kier alpha value is -1.10. The third-order valence-electron chi connectivity index (χ3n) is 0.965. The minimum Gasteiger partial charge on any atom is -0.282 e. The molecule has 0 aliphatic carbocycles. The summed E-state index contributed by atoms with van der Waals surface area (Å²) in [6.07, 6.45) is 4.12. The zero-order valence-corrected chi connectivity index (χ0v) is 6.80.